The summed E-state index contributed by atoms with van der Waals surface area (Å²) in [6.07, 6.45) is 1.31. The Balaban J connectivity index is 1.47. The zero-order valence-corrected chi connectivity index (χ0v) is 17.3. The van der Waals surface area contributed by atoms with Gasteiger partial charge in [-0.1, -0.05) is 24.3 Å². The van der Waals surface area contributed by atoms with Crippen LogP contribution in [0.4, 0.5) is 10.1 Å². The second kappa shape index (κ2) is 9.71. The number of piperidine rings is 1. The van der Waals surface area contributed by atoms with E-state index in [9.17, 15) is 19.1 Å². The number of anilines is 1. The smallest absolute Gasteiger partial charge is 0.236 e. The number of carbonyl (C=O) groups is 2. The Bertz CT molecular complexity index is 880. The zero-order chi connectivity index (χ0) is 21.7. The van der Waals surface area contributed by atoms with E-state index in [1.807, 2.05) is 6.92 Å². The van der Waals surface area contributed by atoms with Gasteiger partial charge in [0.05, 0.1) is 18.3 Å². The lowest BCUT2D eigenvalue weighted by molar-refractivity contribution is -0.133. The maximum Gasteiger partial charge on any atom is 0.236 e. The van der Waals surface area contributed by atoms with Crippen LogP contribution in [0, 0.1) is 11.7 Å². The highest BCUT2D eigenvalue weighted by molar-refractivity contribution is 5.93. The molecule has 1 aliphatic rings. The average molecular weight is 413 g/mol. The summed E-state index contributed by atoms with van der Waals surface area (Å²) >= 11 is 0. The molecule has 30 heavy (non-hydrogen) atoms. The maximum atomic E-state index is 13.1. The van der Waals surface area contributed by atoms with Gasteiger partial charge in [-0.25, -0.2) is 4.39 Å². The molecule has 0 radical (unpaired) electrons. The number of hydrogen-bond donors (Lipinski definition) is 2. The van der Waals surface area contributed by atoms with Crippen molar-refractivity contribution in [2.24, 2.45) is 5.92 Å². The van der Waals surface area contributed by atoms with E-state index in [-0.39, 0.29) is 41.9 Å². The number of phenols is 1. The summed E-state index contributed by atoms with van der Waals surface area (Å²) in [6.45, 7) is 3.52. The molecule has 1 fully saturated rings. The van der Waals surface area contributed by atoms with E-state index in [1.54, 1.807) is 42.3 Å². The Kier molecular flexibility index (Phi) is 7.05. The van der Waals surface area contributed by atoms with E-state index in [1.165, 1.54) is 18.2 Å². The lowest BCUT2D eigenvalue weighted by Gasteiger charge is -2.33. The fourth-order valence-electron chi connectivity index (χ4n) is 3.65. The molecule has 1 saturated heterocycles. The first-order valence-electron chi connectivity index (χ1n) is 10.2. The van der Waals surface area contributed by atoms with Crippen molar-refractivity contribution in [3.63, 3.8) is 0 Å². The van der Waals surface area contributed by atoms with E-state index in [0.717, 1.165) is 5.56 Å². The number of halogens is 1. The van der Waals surface area contributed by atoms with Crippen LogP contribution < -0.4 is 5.32 Å². The summed E-state index contributed by atoms with van der Waals surface area (Å²) in [5.74, 6) is -0.512. The molecule has 1 heterocycles. The molecule has 160 valence electrons. The Hall–Kier alpha value is -2.93. The first-order valence-corrected chi connectivity index (χ1v) is 10.2. The first kappa shape index (κ1) is 21.8. The van der Waals surface area contributed by atoms with E-state index in [0.29, 0.717) is 31.6 Å². The van der Waals surface area contributed by atoms with Crippen LogP contribution in [-0.4, -0.2) is 53.4 Å². The summed E-state index contributed by atoms with van der Waals surface area (Å²) in [4.78, 5) is 28.9. The minimum absolute atomic E-state index is 0.0102. The lowest BCUT2D eigenvalue weighted by Crippen LogP contribution is -2.44. The lowest BCUT2D eigenvalue weighted by atomic mass is 9.95. The fourth-order valence-corrected chi connectivity index (χ4v) is 3.65. The van der Waals surface area contributed by atoms with Gasteiger partial charge < -0.3 is 15.3 Å². The Morgan fingerprint density at radius 3 is 2.43 bits per heavy atom. The molecule has 0 spiro atoms. The number of benzene rings is 2. The molecule has 0 aliphatic carbocycles. The minimum Gasteiger partial charge on any atom is -0.506 e. The van der Waals surface area contributed by atoms with Gasteiger partial charge in [0.25, 0.3) is 0 Å². The van der Waals surface area contributed by atoms with Gasteiger partial charge in [0.15, 0.2) is 0 Å². The van der Waals surface area contributed by atoms with Gasteiger partial charge in [-0.05, 0) is 62.7 Å². The minimum atomic E-state index is -0.297. The predicted molar refractivity (Wildman–Crippen MR) is 113 cm³/mol. The molecule has 7 heteroatoms. The molecule has 2 amide bonds. The van der Waals surface area contributed by atoms with Crippen LogP contribution >= 0.6 is 0 Å². The molecule has 0 aromatic heterocycles. The summed E-state index contributed by atoms with van der Waals surface area (Å²) in [5.41, 5.74) is 1.29. The normalized spacial score (nSPS) is 16.1. The summed E-state index contributed by atoms with van der Waals surface area (Å²) < 4.78 is 13.1. The fraction of sp³-hybridized carbons (Fsp3) is 0.391. The Morgan fingerprint density at radius 2 is 1.80 bits per heavy atom. The van der Waals surface area contributed by atoms with Gasteiger partial charge in [0.2, 0.25) is 11.8 Å². The van der Waals surface area contributed by atoms with Crippen LogP contribution in [-0.2, 0) is 9.59 Å². The third kappa shape index (κ3) is 5.36. The maximum absolute atomic E-state index is 13.1. The highest BCUT2D eigenvalue weighted by atomic mass is 19.1. The number of nitrogens with one attached hydrogen (secondary N) is 1. The summed E-state index contributed by atoms with van der Waals surface area (Å²) in [5, 5.41) is 12.6. The molecule has 3 rings (SSSR count). The number of phenolic OH excluding ortho intramolecular Hbond substituents is 1. The van der Waals surface area contributed by atoms with E-state index in [4.69, 9.17) is 0 Å². The summed E-state index contributed by atoms with van der Waals surface area (Å²) in [6, 6.07) is 12.7. The highest BCUT2D eigenvalue weighted by Gasteiger charge is 2.27. The van der Waals surface area contributed by atoms with Crippen LogP contribution in [0.5, 0.6) is 5.75 Å². The number of aromatic hydroxyl groups is 1. The molecule has 6 nitrogen and oxygen atoms in total. The number of nitrogens with zero attached hydrogens (tertiary/aromatic N) is 2. The first-order chi connectivity index (χ1) is 14.3. The van der Waals surface area contributed by atoms with Crippen molar-refractivity contribution in [3.8, 4) is 5.75 Å². The number of para-hydroxylation sites is 2. The van der Waals surface area contributed by atoms with E-state index < -0.39 is 0 Å². The number of carbonyl (C=O) groups excluding carboxylic acids is 2. The number of amides is 2. The third-order valence-corrected chi connectivity index (χ3v) is 5.81. The van der Waals surface area contributed by atoms with Gasteiger partial charge in [-0.2, -0.15) is 0 Å². The Morgan fingerprint density at radius 1 is 1.17 bits per heavy atom. The van der Waals surface area contributed by atoms with Crippen LogP contribution in [0.25, 0.3) is 0 Å². The molecule has 0 saturated carbocycles. The van der Waals surface area contributed by atoms with Gasteiger partial charge in [0, 0.05) is 13.0 Å². The quantitative estimate of drug-likeness (QED) is 0.712. The van der Waals surface area contributed by atoms with Gasteiger partial charge >= 0.3 is 0 Å². The van der Waals surface area contributed by atoms with Gasteiger partial charge in [-0.3, -0.25) is 14.5 Å². The molecule has 1 aliphatic heterocycles. The number of likely N-dealkylation sites (tertiary alicyclic amines) is 1. The van der Waals surface area contributed by atoms with Crippen molar-refractivity contribution in [1.82, 2.24) is 9.80 Å². The SMILES string of the molecule is CC(c1ccc(F)cc1)N(C)C(=O)CN1CCC(C(=O)Nc2ccccc2O)CC1. The molecule has 2 aromatic carbocycles. The van der Waals surface area contributed by atoms with Gasteiger partial charge in [-0.15, -0.1) is 0 Å². The molecule has 1 unspecified atom stereocenters. The zero-order valence-electron chi connectivity index (χ0n) is 17.3. The largest absolute Gasteiger partial charge is 0.506 e. The standard InChI is InChI=1S/C23H28FN3O3/c1-16(17-7-9-19(24)10-8-17)26(2)22(29)15-27-13-11-18(12-14-27)23(30)25-20-5-3-4-6-21(20)28/h3-10,16,18,28H,11-15H2,1-2H3,(H,25,30). The topological polar surface area (TPSA) is 72.9 Å². The Labute approximate surface area is 176 Å². The molecule has 1 atom stereocenters. The van der Waals surface area contributed by atoms with Crippen LogP contribution in [0.15, 0.2) is 48.5 Å². The molecule has 2 aromatic rings. The number of likely N-dealkylation sites (N-methyl/N-ethyl adjacent to an activating group) is 1. The van der Waals surface area contributed by atoms with Crippen LogP contribution in [0.2, 0.25) is 0 Å². The molecule has 2 N–H and O–H groups in total. The number of hydrogen-bond acceptors (Lipinski definition) is 4. The van der Waals surface area contributed by atoms with Crippen LogP contribution in [0.1, 0.15) is 31.4 Å². The third-order valence-electron chi connectivity index (χ3n) is 5.81. The number of rotatable bonds is 6. The second-order valence-electron chi connectivity index (χ2n) is 7.79. The average Bonchev–Trinajstić information content (AvgIpc) is 2.75. The van der Waals surface area contributed by atoms with Crippen molar-refractivity contribution in [2.75, 3.05) is 32.0 Å². The van der Waals surface area contributed by atoms with Crippen LogP contribution in [0.3, 0.4) is 0 Å². The molecular formula is C23H28FN3O3. The van der Waals surface area contributed by atoms with Crippen molar-refractivity contribution in [1.29, 1.82) is 0 Å². The van der Waals surface area contributed by atoms with Crippen molar-refractivity contribution >= 4 is 17.5 Å². The molecule has 0 bridgehead atoms. The van der Waals surface area contributed by atoms with Crippen molar-refractivity contribution in [3.05, 3.63) is 59.9 Å². The van der Waals surface area contributed by atoms with E-state index in [2.05, 4.69) is 10.2 Å². The predicted octanol–water partition coefficient (Wildman–Crippen LogP) is 3.40. The highest BCUT2D eigenvalue weighted by Crippen LogP contribution is 2.25. The molecular weight excluding hydrogens is 385 g/mol. The van der Waals surface area contributed by atoms with Crippen molar-refractivity contribution < 1.29 is 19.1 Å². The summed E-state index contributed by atoms with van der Waals surface area (Å²) in [7, 11) is 1.75. The second-order valence-corrected chi connectivity index (χ2v) is 7.79. The van der Waals surface area contributed by atoms with Gasteiger partial charge in [0.1, 0.15) is 11.6 Å². The van der Waals surface area contributed by atoms with Crippen molar-refractivity contribution in [2.45, 2.75) is 25.8 Å². The monoisotopic (exact) mass is 413 g/mol. The van der Waals surface area contributed by atoms with E-state index >= 15 is 0 Å².